The Kier molecular flexibility index (Phi) is 16.9. The zero-order chi connectivity index (χ0) is 28.3. The summed E-state index contributed by atoms with van der Waals surface area (Å²) in [6.07, 6.45) is -8.49. The van der Waals surface area contributed by atoms with Crippen LogP contribution in [-0.4, -0.2) is 26.0 Å². The normalized spacial score (nSPS) is 11.7. The van der Waals surface area contributed by atoms with E-state index in [4.69, 9.17) is 28.3 Å². The number of hydrogen-bond donors (Lipinski definition) is 1. The molecule has 200 valence electrons. The summed E-state index contributed by atoms with van der Waals surface area (Å²) in [5.41, 5.74) is -2.26. The molecule has 0 heterocycles. The van der Waals surface area contributed by atoms with Gasteiger partial charge in [0.25, 0.3) is 0 Å². The monoisotopic (exact) mass is 738 g/mol. The lowest BCUT2D eigenvalue weighted by atomic mass is 9.84. The molecule has 0 bridgehead atoms. The zero-order valence-corrected chi connectivity index (χ0v) is 25.8. The van der Waals surface area contributed by atoms with Gasteiger partial charge in [-0.25, -0.2) is 0 Å². The first-order chi connectivity index (χ1) is 15.6. The van der Waals surface area contributed by atoms with Gasteiger partial charge in [-0.2, -0.15) is 26.3 Å². The van der Waals surface area contributed by atoms with Crippen molar-refractivity contribution in [1.82, 2.24) is 0 Å². The molecule has 0 aliphatic carbocycles. The number of phenolic OH excluding ortho intramolecular Hbond substituents is 1. The summed E-state index contributed by atoms with van der Waals surface area (Å²) < 4.78 is 75.8. The second kappa shape index (κ2) is 16.0. The van der Waals surface area contributed by atoms with Gasteiger partial charge in [-0.1, -0.05) is 42.0 Å². The van der Waals surface area contributed by atoms with Gasteiger partial charge in [0.2, 0.25) is 0 Å². The molecule has 1 N–H and O–H groups in total. The molecule has 1 nitrogen and oxygen atoms in total. The molecule has 0 aliphatic rings. The second-order valence-electron chi connectivity index (χ2n) is 8.01. The highest BCUT2D eigenvalue weighted by Crippen LogP contribution is 2.41. The second-order valence-corrected chi connectivity index (χ2v) is 15.2. The van der Waals surface area contributed by atoms with Crippen LogP contribution in [0, 0.1) is 6.92 Å². The van der Waals surface area contributed by atoms with Gasteiger partial charge in [0.1, 0.15) is 5.75 Å². The lowest BCUT2D eigenvalue weighted by Gasteiger charge is -2.28. The average molecular weight is 742 g/mol. The topological polar surface area (TPSA) is 20.2 Å². The van der Waals surface area contributed by atoms with Crippen LogP contribution < -0.4 is 0 Å². The maximum Gasteiger partial charge on any atom is 0.397 e. The molecule has 0 unspecified atom stereocenters. The van der Waals surface area contributed by atoms with Crippen LogP contribution in [0.3, 0.4) is 0 Å². The number of hydrogen-bond acceptors (Lipinski definition) is 1. The lowest BCUT2D eigenvalue weighted by molar-refractivity contribution is -0.180. The van der Waals surface area contributed by atoms with Gasteiger partial charge < -0.3 is 5.11 Å². The number of aryl methyl sites for hydroxylation is 1. The fraction of sp³-hybridized carbons (Fsp3) is 0.455. The lowest BCUT2D eigenvalue weighted by Crippen LogP contribution is -2.36. The Morgan fingerprint density at radius 2 is 0.914 bits per heavy atom. The van der Waals surface area contributed by atoms with E-state index in [-0.39, 0.29) is 19.8 Å². The molecule has 13 heteroatoms. The maximum absolute atomic E-state index is 12.6. The molecular formula is C22H26BBr3Cl2F6O. The third-order valence-corrected chi connectivity index (χ3v) is 4.78. The molecule has 0 atom stereocenters. The molecular weight excluding hydrogens is 716 g/mol. The molecule has 0 amide bonds. The van der Waals surface area contributed by atoms with Gasteiger partial charge >= 0.3 is 15.5 Å². The summed E-state index contributed by atoms with van der Waals surface area (Å²) in [6, 6.07) is 11.5. The van der Waals surface area contributed by atoms with Gasteiger partial charge in [-0.3, -0.25) is 0 Å². The van der Waals surface area contributed by atoms with Crippen molar-refractivity contribution < 1.29 is 31.4 Å². The summed E-state index contributed by atoms with van der Waals surface area (Å²) in [4.78, 5) is 0. The first kappa shape index (κ1) is 37.1. The average Bonchev–Trinajstić information content (AvgIpc) is 2.68. The van der Waals surface area contributed by atoms with E-state index in [0.717, 1.165) is 19.4 Å². The van der Waals surface area contributed by atoms with E-state index in [1.165, 1.54) is 50.2 Å². The summed E-state index contributed by atoms with van der Waals surface area (Å²) in [7, 11) is 0. The fourth-order valence-corrected chi connectivity index (χ4v) is 2.18. The molecule has 2 rings (SSSR count). The molecule has 0 saturated heterocycles. The molecule has 0 radical (unpaired) electrons. The first-order valence-corrected chi connectivity index (χ1v) is 13.5. The van der Waals surface area contributed by atoms with Gasteiger partial charge in [0.15, 0.2) is 0 Å². The number of alkyl halides is 8. The van der Waals surface area contributed by atoms with Crippen LogP contribution in [0.1, 0.15) is 44.4 Å². The predicted octanol–water partition coefficient (Wildman–Crippen LogP) is 10.6. The van der Waals surface area contributed by atoms with E-state index in [1.807, 2.05) is 6.92 Å². The van der Waals surface area contributed by atoms with Crippen molar-refractivity contribution >= 4 is 73.7 Å². The zero-order valence-electron chi connectivity index (χ0n) is 19.5. The van der Waals surface area contributed by atoms with Crippen molar-refractivity contribution in [3.63, 3.8) is 0 Å². The molecule has 0 fully saturated rings. The van der Waals surface area contributed by atoms with Gasteiger partial charge in [-0.05, 0) is 57.9 Å². The van der Waals surface area contributed by atoms with Gasteiger partial charge in [0, 0.05) is 0 Å². The molecule has 2 aromatic rings. The smallest absolute Gasteiger partial charge is 0.397 e. The first-order valence-electron chi connectivity index (χ1n) is 9.69. The summed E-state index contributed by atoms with van der Waals surface area (Å²) in [6.45, 7) is 6.46. The third kappa shape index (κ3) is 13.9. The Labute approximate surface area is 238 Å². The van der Waals surface area contributed by atoms with Gasteiger partial charge in [0.05, 0.1) is 16.2 Å². The van der Waals surface area contributed by atoms with Crippen LogP contribution in [0.15, 0.2) is 48.5 Å². The Hall–Kier alpha value is -0.0951. The molecule has 0 aromatic heterocycles. The summed E-state index contributed by atoms with van der Waals surface area (Å²) in [5.74, 6) is -0.0354. The van der Waals surface area contributed by atoms with Crippen LogP contribution in [0.25, 0.3) is 0 Å². The highest BCUT2D eigenvalue weighted by molar-refractivity contribution is 9.69. The fourth-order valence-electron chi connectivity index (χ4n) is 2.18. The van der Waals surface area contributed by atoms with Crippen molar-refractivity contribution in [2.24, 2.45) is 0 Å². The molecule has 0 spiro atoms. The van der Waals surface area contributed by atoms with E-state index in [2.05, 4.69) is 47.3 Å². The highest BCUT2D eigenvalue weighted by atomic mass is 79.9. The Bertz CT molecular complexity index is 774. The minimum absolute atomic E-state index is 0.0354. The van der Waals surface area contributed by atoms with Crippen LogP contribution in [-0.2, 0) is 10.8 Å². The molecule has 0 aliphatic heterocycles. The third-order valence-electron chi connectivity index (χ3n) is 4.78. The molecule has 0 saturated carbocycles. The number of rotatable bonds is 2. The van der Waals surface area contributed by atoms with Crippen LogP contribution >= 0.6 is 70.5 Å². The minimum Gasteiger partial charge on any atom is -0.508 e. The summed E-state index contributed by atoms with van der Waals surface area (Å²) >= 11 is 18.8. The number of aromatic hydroxyl groups is 1. The Morgan fingerprint density at radius 3 is 1.14 bits per heavy atom. The minimum atomic E-state index is -4.29. The predicted molar refractivity (Wildman–Crippen MR) is 147 cm³/mol. The standard InChI is InChI=1S/C11H13F3.C10H11F3O.CH2Cl2.BBr3/c1-8-4-6-9(7-5-8)10(2,3)11(12,13)14;1-9(2,10(11,12)13)7-3-5-8(14)6-4-7;2-1-3;2-1(3)4/h4-7H,1-3H3;3-6,14H,1-2H3;1H2;. The summed E-state index contributed by atoms with van der Waals surface area (Å²) in [5, 5.41) is 9.14. The number of benzene rings is 2. The number of halogens is 11. The largest absolute Gasteiger partial charge is 0.508 e. The van der Waals surface area contributed by atoms with Crippen molar-refractivity contribution in [3.05, 3.63) is 65.2 Å². The Balaban J connectivity index is 0. The van der Waals surface area contributed by atoms with Gasteiger partial charge in [-0.15, -0.1) is 70.5 Å². The Morgan fingerprint density at radius 1 is 0.686 bits per heavy atom. The van der Waals surface area contributed by atoms with E-state index in [1.54, 1.807) is 12.1 Å². The van der Waals surface area contributed by atoms with E-state index >= 15 is 0 Å². The highest BCUT2D eigenvalue weighted by Gasteiger charge is 2.49. The maximum atomic E-state index is 12.6. The van der Waals surface area contributed by atoms with Crippen molar-refractivity contribution in [2.75, 3.05) is 5.34 Å². The quantitative estimate of drug-likeness (QED) is 0.185. The van der Waals surface area contributed by atoms with Crippen LogP contribution in [0.4, 0.5) is 26.3 Å². The van der Waals surface area contributed by atoms with Crippen molar-refractivity contribution in [2.45, 2.75) is 57.8 Å². The van der Waals surface area contributed by atoms with Crippen molar-refractivity contribution in [1.29, 1.82) is 0 Å². The van der Waals surface area contributed by atoms with E-state index < -0.39 is 23.2 Å². The molecule has 35 heavy (non-hydrogen) atoms. The van der Waals surface area contributed by atoms with E-state index in [0.29, 0.717) is 5.56 Å². The van der Waals surface area contributed by atoms with Crippen molar-refractivity contribution in [3.8, 4) is 5.75 Å². The molecule has 2 aromatic carbocycles. The van der Waals surface area contributed by atoms with Crippen LogP contribution in [0.5, 0.6) is 5.75 Å². The SMILES string of the molecule is BrB(Br)Br.CC(C)(c1ccc(O)cc1)C(F)(F)F.Cc1ccc(C(C)(C)C(F)(F)F)cc1.ClCCl. The number of phenols is 1. The van der Waals surface area contributed by atoms with Crippen LogP contribution in [0.2, 0.25) is 0 Å². The van der Waals surface area contributed by atoms with E-state index in [9.17, 15) is 26.3 Å².